The lowest BCUT2D eigenvalue weighted by atomic mass is 9.86. The maximum atomic E-state index is 12.7. The van der Waals surface area contributed by atoms with E-state index in [9.17, 15) is 9.59 Å². The molecule has 31 heavy (non-hydrogen) atoms. The summed E-state index contributed by atoms with van der Waals surface area (Å²) in [5, 5.41) is 0.826. The highest BCUT2D eigenvalue weighted by atomic mass is 16.5. The second kappa shape index (κ2) is 7.85. The van der Waals surface area contributed by atoms with Crippen LogP contribution in [0.25, 0.3) is 11.0 Å². The molecule has 0 bridgehead atoms. The van der Waals surface area contributed by atoms with Crippen LogP contribution in [0.15, 0.2) is 45.6 Å². The molecule has 6 nitrogen and oxygen atoms in total. The molecule has 3 aromatic rings. The van der Waals surface area contributed by atoms with E-state index in [0.717, 1.165) is 41.5 Å². The Morgan fingerprint density at radius 2 is 2.06 bits per heavy atom. The van der Waals surface area contributed by atoms with Crippen molar-refractivity contribution in [3.63, 3.8) is 0 Å². The fraction of sp³-hybridized carbons (Fsp3) is 0.360. The number of nitrogens with zero attached hydrogens (tertiary/aromatic N) is 1. The van der Waals surface area contributed by atoms with Gasteiger partial charge in [0, 0.05) is 18.0 Å². The third-order valence-electron chi connectivity index (χ3n) is 6.59. The maximum Gasteiger partial charge on any atom is 0.340 e. The summed E-state index contributed by atoms with van der Waals surface area (Å²) in [7, 11) is 1.31. The van der Waals surface area contributed by atoms with Gasteiger partial charge in [-0.1, -0.05) is 24.3 Å². The second-order valence-corrected chi connectivity index (χ2v) is 8.29. The summed E-state index contributed by atoms with van der Waals surface area (Å²) in [6.45, 7) is 2.99. The fourth-order valence-corrected chi connectivity index (χ4v) is 4.91. The number of hydrogen-bond acceptors (Lipinski definition) is 6. The molecule has 1 atom stereocenters. The zero-order chi connectivity index (χ0) is 21.5. The van der Waals surface area contributed by atoms with Gasteiger partial charge in [-0.15, -0.1) is 0 Å². The minimum absolute atomic E-state index is 0.0980. The molecule has 2 aliphatic rings. The van der Waals surface area contributed by atoms with Gasteiger partial charge in [-0.3, -0.25) is 9.69 Å². The Morgan fingerprint density at radius 1 is 1.23 bits per heavy atom. The van der Waals surface area contributed by atoms with Gasteiger partial charge >= 0.3 is 11.6 Å². The van der Waals surface area contributed by atoms with E-state index in [1.165, 1.54) is 18.2 Å². The summed E-state index contributed by atoms with van der Waals surface area (Å²) < 4.78 is 16.6. The highest BCUT2D eigenvalue weighted by molar-refractivity contribution is 5.87. The first-order chi connectivity index (χ1) is 15.1. The number of rotatable bonds is 3. The molecular weight excluding hydrogens is 394 g/mol. The first kappa shape index (κ1) is 19.8. The molecule has 2 aromatic carbocycles. The standard InChI is InChI=1S/C25H25NO5/c1-15-17-10-11-22-20(24(17)31-25(28)19(15)12-23(27)29-2)13-26(14-30-22)21-9-5-7-16-6-3-4-8-18(16)21/h3-4,6,8,10-11,21H,5,7,9,12-14H2,1-2H3/t21-/m1/s1. The molecular formula is C25H25NO5. The Bertz CT molecular complexity index is 1230. The van der Waals surface area contributed by atoms with E-state index < -0.39 is 11.6 Å². The number of hydrogen-bond donors (Lipinski definition) is 0. The van der Waals surface area contributed by atoms with Crippen LogP contribution >= 0.6 is 0 Å². The molecule has 0 saturated carbocycles. The van der Waals surface area contributed by atoms with Crippen molar-refractivity contribution in [1.29, 1.82) is 0 Å². The minimum Gasteiger partial charge on any atom is -0.478 e. The Morgan fingerprint density at radius 3 is 2.90 bits per heavy atom. The monoisotopic (exact) mass is 419 g/mol. The average molecular weight is 419 g/mol. The normalized spacial score (nSPS) is 18.2. The number of benzene rings is 2. The lowest BCUT2D eigenvalue weighted by molar-refractivity contribution is -0.139. The summed E-state index contributed by atoms with van der Waals surface area (Å²) in [5.41, 5.74) is 4.79. The number of fused-ring (bicyclic) bond motifs is 4. The molecule has 0 unspecified atom stereocenters. The van der Waals surface area contributed by atoms with Crippen LogP contribution in [-0.4, -0.2) is 24.7 Å². The summed E-state index contributed by atoms with van der Waals surface area (Å²) in [6, 6.07) is 12.7. The molecule has 6 heteroatoms. The van der Waals surface area contributed by atoms with Gasteiger partial charge < -0.3 is 13.9 Å². The molecule has 0 amide bonds. The van der Waals surface area contributed by atoms with Crippen molar-refractivity contribution in [3.05, 3.63) is 74.6 Å². The Hall–Kier alpha value is -3.12. The predicted octanol–water partition coefficient (Wildman–Crippen LogP) is 4.05. The average Bonchev–Trinajstić information content (AvgIpc) is 2.80. The van der Waals surface area contributed by atoms with E-state index >= 15 is 0 Å². The third-order valence-corrected chi connectivity index (χ3v) is 6.59. The summed E-state index contributed by atoms with van der Waals surface area (Å²) in [5.74, 6) is 0.286. The fourth-order valence-electron chi connectivity index (χ4n) is 4.91. The molecule has 2 heterocycles. The molecule has 1 aliphatic heterocycles. The van der Waals surface area contributed by atoms with Crippen LogP contribution in [0.2, 0.25) is 0 Å². The molecule has 0 N–H and O–H groups in total. The van der Waals surface area contributed by atoms with Gasteiger partial charge in [0.15, 0.2) is 0 Å². The van der Waals surface area contributed by atoms with Crippen LogP contribution in [0.1, 0.15) is 46.7 Å². The first-order valence-corrected chi connectivity index (χ1v) is 10.7. The van der Waals surface area contributed by atoms with Gasteiger partial charge in [0.2, 0.25) is 0 Å². The summed E-state index contributed by atoms with van der Waals surface area (Å²) in [4.78, 5) is 26.8. The molecule has 0 fully saturated rings. The summed E-state index contributed by atoms with van der Waals surface area (Å²) in [6.07, 6.45) is 3.23. The number of carbonyl (C=O) groups is 1. The smallest absolute Gasteiger partial charge is 0.340 e. The van der Waals surface area contributed by atoms with Crippen LogP contribution in [0.4, 0.5) is 0 Å². The van der Waals surface area contributed by atoms with E-state index in [-0.39, 0.29) is 12.5 Å². The topological polar surface area (TPSA) is 69.0 Å². The lowest BCUT2D eigenvalue weighted by Crippen LogP contribution is -2.37. The van der Waals surface area contributed by atoms with Crippen LogP contribution in [0, 0.1) is 6.92 Å². The van der Waals surface area contributed by atoms with Crippen LogP contribution < -0.4 is 10.4 Å². The highest BCUT2D eigenvalue weighted by Crippen LogP contribution is 2.40. The van der Waals surface area contributed by atoms with Crippen molar-refractivity contribution in [3.8, 4) is 5.75 Å². The Labute approximate surface area is 180 Å². The SMILES string of the molecule is COC(=O)Cc1c(C)c2ccc3c(c2oc1=O)CN([C@@H]1CCCc2ccccc21)CO3. The summed E-state index contributed by atoms with van der Waals surface area (Å²) >= 11 is 0. The quantitative estimate of drug-likeness (QED) is 0.471. The highest BCUT2D eigenvalue weighted by Gasteiger charge is 2.31. The van der Waals surface area contributed by atoms with Crippen LogP contribution in [0.5, 0.6) is 5.75 Å². The van der Waals surface area contributed by atoms with Gasteiger partial charge in [0.1, 0.15) is 18.1 Å². The molecule has 160 valence electrons. The van der Waals surface area contributed by atoms with E-state index in [1.807, 2.05) is 19.1 Å². The second-order valence-electron chi connectivity index (χ2n) is 8.29. The third kappa shape index (κ3) is 3.41. The van der Waals surface area contributed by atoms with Crippen LogP contribution in [-0.2, 0) is 28.9 Å². The van der Waals surface area contributed by atoms with Crippen LogP contribution in [0.3, 0.4) is 0 Å². The van der Waals surface area contributed by atoms with Crippen molar-refractivity contribution >= 4 is 16.9 Å². The number of ether oxygens (including phenoxy) is 2. The van der Waals surface area contributed by atoms with Gasteiger partial charge in [0.25, 0.3) is 0 Å². The van der Waals surface area contributed by atoms with Crippen molar-refractivity contribution in [2.45, 2.75) is 45.2 Å². The van der Waals surface area contributed by atoms with Gasteiger partial charge in [-0.05, 0) is 55.0 Å². The van der Waals surface area contributed by atoms with E-state index in [0.29, 0.717) is 24.4 Å². The largest absolute Gasteiger partial charge is 0.478 e. The molecule has 0 radical (unpaired) electrons. The maximum absolute atomic E-state index is 12.7. The van der Waals surface area contributed by atoms with Crippen molar-refractivity contribution in [2.24, 2.45) is 0 Å². The molecule has 5 rings (SSSR count). The first-order valence-electron chi connectivity index (χ1n) is 10.7. The zero-order valence-corrected chi connectivity index (χ0v) is 17.8. The number of carbonyl (C=O) groups excluding carboxylic acids is 1. The minimum atomic E-state index is -0.496. The Balaban J connectivity index is 1.55. The van der Waals surface area contributed by atoms with Crippen molar-refractivity contribution in [2.75, 3.05) is 13.8 Å². The van der Waals surface area contributed by atoms with E-state index in [2.05, 4.69) is 29.2 Å². The van der Waals surface area contributed by atoms with E-state index in [1.54, 1.807) is 0 Å². The molecule has 0 saturated heterocycles. The lowest BCUT2D eigenvalue weighted by Gasteiger charge is -2.38. The van der Waals surface area contributed by atoms with Gasteiger partial charge in [-0.25, -0.2) is 4.79 Å². The molecule has 0 spiro atoms. The van der Waals surface area contributed by atoms with Crippen molar-refractivity contribution in [1.82, 2.24) is 4.90 Å². The van der Waals surface area contributed by atoms with E-state index in [4.69, 9.17) is 13.9 Å². The Kier molecular flexibility index (Phi) is 5.02. The molecule has 1 aromatic heterocycles. The molecule has 1 aliphatic carbocycles. The van der Waals surface area contributed by atoms with Gasteiger partial charge in [-0.2, -0.15) is 0 Å². The zero-order valence-electron chi connectivity index (χ0n) is 17.8. The number of esters is 1. The number of methoxy groups -OCH3 is 1. The predicted molar refractivity (Wildman–Crippen MR) is 116 cm³/mol. The number of aryl methyl sites for hydroxylation is 2. The van der Waals surface area contributed by atoms with Crippen molar-refractivity contribution < 1.29 is 18.7 Å². The van der Waals surface area contributed by atoms with Gasteiger partial charge in [0.05, 0.1) is 24.7 Å².